The first-order valence-corrected chi connectivity index (χ1v) is 16.8. The first-order valence-electron chi connectivity index (χ1n) is 16.8. The lowest BCUT2D eigenvalue weighted by molar-refractivity contribution is 0.797. The van der Waals surface area contributed by atoms with Gasteiger partial charge in [0.25, 0.3) is 0 Å². The fourth-order valence-corrected chi connectivity index (χ4v) is 6.38. The molecule has 0 fully saturated rings. The number of aromatic nitrogens is 2. The maximum absolute atomic E-state index is 9.13. The number of hydrogen-bond acceptors (Lipinski definition) is 6. The molecule has 2 aromatic heterocycles. The number of fused-ring (bicyclic) bond motifs is 1. The third-order valence-corrected chi connectivity index (χ3v) is 9.19. The highest BCUT2D eigenvalue weighted by Crippen LogP contribution is 2.32. The normalized spacial score (nSPS) is 16.4. The summed E-state index contributed by atoms with van der Waals surface area (Å²) in [5.74, 6) is 0. The molecule has 3 heterocycles. The molecule has 7 rings (SSSR count). The van der Waals surface area contributed by atoms with Crippen molar-refractivity contribution < 1.29 is 0 Å². The van der Waals surface area contributed by atoms with E-state index in [9.17, 15) is 0 Å². The van der Waals surface area contributed by atoms with E-state index in [2.05, 4.69) is 93.7 Å². The van der Waals surface area contributed by atoms with E-state index in [1.54, 1.807) is 12.3 Å². The third kappa shape index (κ3) is 7.44. The molecule has 3 aliphatic rings. The zero-order valence-electron chi connectivity index (χ0n) is 27.4. The van der Waals surface area contributed by atoms with E-state index in [1.807, 2.05) is 55.3 Å². The molecular weight excluding hydrogens is 601 g/mol. The van der Waals surface area contributed by atoms with Gasteiger partial charge in [0.15, 0.2) is 0 Å². The smallest absolute Gasteiger partial charge is 0.115 e. The molecule has 0 radical (unpaired) electrons. The Morgan fingerprint density at radius 2 is 1.63 bits per heavy atom. The predicted octanol–water partition coefficient (Wildman–Crippen LogP) is 9.99. The SMILES string of the molecule is C=C(C1=CC=C(C2=CN=CCC2)CC1)/C(=N/NC1=CC=C(c2cncc3ccccc23)CC1)C(=N)/C=C/c1ccc(-c2cccnc2)cc1. The Morgan fingerprint density at radius 1 is 0.776 bits per heavy atom. The summed E-state index contributed by atoms with van der Waals surface area (Å²) in [4.78, 5) is 13.1. The van der Waals surface area contributed by atoms with Crippen LogP contribution in [0.15, 0.2) is 167 Å². The van der Waals surface area contributed by atoms with Crippen LogP contribution in [0.5, 0.6) is 0 Å². The summed E-state index contributed by atoms with van der Waals surface area (Å²) >= 11 is 0. The lowest BCUT2D eigenvalue weighted by atomic mass is 9.86. The van der Waals surface area contributed by atoms with E-state index < -0.39 is 0 Å². The predicted molar refractivity (Wildman–Crippen MR) is 204 cm³/mol. The molecule has 0 atom stereocenters. The topological polar surface area (TPSA) is 86.4 Å². The van der Waals surface area contributed by atoms with Gasteiger partial charge in [0.2, 0.25) is 0 Å². The number of hydrazone groups is 1. The highest BCUT2D eigenvalue weighted by Gasteiger charge is 2.19. The van der Waals surface area contributed by atoms with Crippen LogP contribution in [0.25, 0.3) is 33.5 Å². The highest BCUT2D eigenvalue weighted by atomic mass is 15.3. The fourth-order valence-electron chi connectivity index (χ4n) is 6.38. The Labute approximate surface area is 287 Å². The van der Waals surface area contributed by atoms with Gasteiger partial charge in [0, 0.05) is 59.4 Å². The van der Waals surface area contributed by atoms with Crippen molar-refractivity contribution in [2.24, 2.45) is 10.1 Å². The number of hydrogen-bond donors (Lipinski definition) is 2. The average molecular weight is 639 g/mol. The lowest BCUT2D eigenvalue weighted by Gasteiger charge is -2.20. The molecule has 49 heavy (non-hydrogen) atoms. The van der Waals surface area contributed by atoms with Crippen LogP contribution in [0.4, 0.5) is 0 Å². The van der Waals surface area contributed by atoms with Gasteiger partial charge in [0.05, 0.1) is 5.71 Å². The van der Waals surface area contributed by atoms with Crippen molar-refractivity contribution in [2.75, 3.05) is 0 Å². The third-order valence-electron chi connectivity index (χ3n) is 9.19. The molecule has 0 spiro atoms. The van der Waals surface area contributed by atoms with Crippen LogP contribution < -0.4 is 5.43 Å². The first kappa shape index (κ1) is 31.6. The summed E-state index contributed by atoms with van der Waals surface area (Å²) in [6, 6.07) is 20.6. The minimum absolute atomic E-state index is 0.295. The molecule has 240 valence electrons. The van der Waals surface area contributed by atoms with Crippen LogP contribution in [0, 0.1) is 5.41 Å². The quantitative estimate of drug-likeness (QED) is 0.134. The van der Waals surface area contributed by atoms with Crippen LogP contribution in [0.1, 0.15) is 49.7 Å². The molecule has 0 saturated carbocycles. The van der Waals surface area contributed by atoms with E-state index in [-0.39, 0.29) is 0 Å². The molecule has 2 aliphatic carbocycles. The fraction of sp³-hybridized carbons (Fsp3) is 0.140. The molecule has 0 amide bonds. The van der Waals surface area contributed by atoms with Gasteiger partial charge in [-0.3, -0.25) is 25.8 Å². The van der Waals surface area contributed by atoms with Crippen molar-refractivity contribution in [1.82, 2.24) is 15.4 Å². The Balaban J connectivity index is 1.13. The van der Waals surface area contributed by atoms with E-state index >= 15 is 0 Å². The van der Waals surface area contributed by atoms with Crippen LogP contribution in [-0.2, 0) is 0 Å². The van der Waals surface area contributed by atoms with Crippen LogP contribution >= 0.6 is 0 Å². The van der Waals surface area contributed by atoms with Crippen molar-refractivity contribution in [3.63, 3.8) is 0 Å². The Morgan fingerprint density at radius 3 is 2.39 bits per heavy atom. The molecule has 1 aliphatic heterocycles. The molecule has 0 saturated heterocycles. The van der Waals surface area contributed by atoms with E-state index in [1.165, 1.54) is 27.7 Å². The number of nitrogens with zero attached hydrogens (tertiary/aromatic N) is 4. The number of pyridine rings is 2. The van der Waals surface area contributed by atoms with Gasteiger partial charge >= 0.3 is 0 Å². The molecule has 6 heteroatoms. The molecule has 6 nitrogen and oxygen atoms in total. The van der Waals surface area contributed by atoms with Gasteiger partial charge in [0.1, 0.15) is 5.71 Å². The van der Waals surface area contributed by atoms with Crippen LogP contribution in [-0.4, -0.2) is 27.6 Å². The summed E-state index contributed by atoms with van der Waals surface area (Å²) in [5.41, 5.74) is 15.2. The van der Waals surface area contributed by atoms with Crippen molar-refractivity contribution in [3.8, 4) is 11.1 Å². The zero-order chi connectivity index (χ0) is 33.4. The minimum atomic E-state index is 0.295. The largest absolute Gasteiger partial charge is 0.299 e. The Kier molecular flexibility index (Phi) is 9.55. The summed E-state index contributed by atoms with van der Waals surface area (Å²) in [7, 11) is 0. The highest BCUT2D eigenvalue weighted by molar-refractivity contribution is 6.52. The number of allylic oxidation sites excluding steroid dienone is 11. The van der Waals surface area contributed by atoms with Gasteiger partial charge in [-0.25, -0.2) is 0 Å². The van der Waals surface area contributed by atoms with E-state index in [0.717, 1.165) is 77.4 Å². The van der Waals surface area contributed by atoms with Gasteiger partial charge in [-0.1, -0.05) is 85.5 Å². The van der Waals surface area contributed by atoms with Crippen molar-refractivity contribution in [1.29, 1.82) is 5.41 Å². The van der Waals surface area contributed by atoms with Crippen LogP contribution in [0.3, 0.4) is 0 Å². The van der Waals surface area contributed by atoms with Crippen molar-refractivity contribution >= 4 is 40.1 Å². The van der Waals surface area contributed by atoms with Gasteiger partial charge < -0.3 is 0 Å². The van der Waals surface area contributed by atoms with Crippen molar-refractivity contribution in [3.05, 3.63) is 168 Å². The number of rotatable bonds is 10. The van der Waals surface area contributed by atoms with E-state index in [0.29, 0.717) is 11.4 Å². The van der Waals surface area contributed by atoms with Crippen LogP contribution in [0.2, 0.25) is 0 Å². The second-order valence-corrected chi connectivity index (χ2v) is 12.4. The summed E-state index contributed by atoms with van der Waals surface area (Å²) in [5, 5.41) is 16.3. The maximum Gasteiger partial charge on any atom is 0.115 e. The summed E-state index contributed by atoms with van der Waals surface area (Å²) in [6.45, 7) is 4.46. The molecule has 0 unspecified atom stereocenters. The van der Waals surface area contributed by atoms with E-state index in [4.69, 9.17) is 10.5 Å². The number of aliphatic imine (C=N–C) groups is 1. The second-order valence-electron chi connectivity index (χ2n) is 12.4. The van der Waals surface area contributed by atoms with Crippen molar-refractivity contribution in [2.45, 2.75) is 38.5 Å². The lowest BCUT2D eigenvalue weighted by Crippen LogP contribution is -2.20. The number of benzene rings is 2. The summed E-state index contributed by atoms with van der Waals surface area (Å²) in [6.07, 6.45) is 29.2. The van der Waals surface area contributed by atoms with Gasteiger partial charge in [-0.15, -0.1) is 0 Å². The van der Waals surface area contributed by atoms with Gasteiger partial charge in [-0.2, -0.15) is 5.10 Å². The molecule has 0 bridgehead atoms. The molecule has 4 aromatic rings. The number of nitrogens with one attached hydrogen (secondary N) is 2. The first-order chi connectivity index (χ1) is 24.1. The molecule has 2 aromatic carbocycles. The average Bonchev–Trinajstić information content (AvgIpc) is 3.18. The molecule has 2 N–H and O–H groups in total. The molecular formula is C43H38N6. The van der Waals surface area contributed by atoms with Gasteiger partial charge in [-0.05, 0) is 101 Å². The monoisotopic (exact) mass is 638 g/mol. The zero-order valence-corrected chi connectivity index (χ0v) is 27.4. The Hall–Kier alpha value is -6.01. The minimum Gasteiger partial charge on any atom is -0.299 e. The standard InChI is InChI=1S/C43H38N6/c1-30(32-15-17-34(18-16-32)37-8-5-25-46-27-37)43(42(44)23-12-31-10-13-33(14-11-31)36-7-4-24-45-26-36)49-48-39-21-19-35(20-22-39)41-29-47-28-38-6-2-3-9-40(38)41/h2-4,6-7,9-15,17,19,21,23-29,44,48H,1,5,8,16,18,20,22H2/b23-12+,44-42?,49-43-. The summed E-state index contributed by atoms with van der Waals surface area (Å²) < 4.78 is 0. The Bertz CT molecular complexity index is 2150. The maximum atomic E-state index is 9.13. The second kappa shape index (κ2) is 14.8.